The molecule has 0 fully saturated rings. The Morgan fingerprint density at radius 3 is 0.609 bits per heavy atom. The minimum absolute atomic E-state index is 0. The van der Waals surface area contributed by atoms with Crippen molar-refractivity contribution in [3.63, 3.8) is 0 Å². The molecule has 0 aliphatic heterocycles. The number of carboxylic acid groups (broad SMARTS) is 6. The van der Waals surface area contributed by atoms with E-state index in [0.29, 0.717) is 0 Å². The molecule has 0 aliphatic rings. The van der Waals surface area contributed by atoms with E-state index in [1.807, 2.05) is 6.92 Å². The standard InChI is InChI=1S/C3H6.3C2H2O4.2Ru/c1-3-2;3*3-1(4)2(5)6;;/h3H,1H2,2H3;3*(H,3,4)(H,5,6);;/q;;;;2*+3/p-6. The average Bonchev–Trinajstić information content (AvgIpc) is 2.30. The predicted molar refractivity (Wildman–Crippen MR) is 45.9 cm³/mol. The predicted octanol–water partition coefficient (Wildman–Crippen LogP) is -9.35. The number of carbonyl (C=O) groups is 6. The smallest absolute Gasteiger partial charge is 0.543 e. The normalized spacial score (nSPS) is 6.30. The second-order valence-electron chi connectivity index (χ2n) is 2.13. The summed E-state index contributed by atoms with van der Waals surface area (Å²) in [6, 6.07) is 0. The van der Waals surface area contributed by atoms with E-state index in [9.17, 15) is 0 Å². The van der Waals surface area contributed by atoms with Crippen molar-refractivity contribution in [1.29, 1.82) is 0 Å². The molecular weight excluding hydrogens is 502 g/mol. The third kappa shape index (κ3) is 65.3. The van der Waals surface area contributed by atoms with E-state index in [2.05, 4.69) is 6.58 Å². The van der Waals surface area contributed by atoms with Gasteiger partial charge in [-0.3, -0.25) is 0 Å². The van der Waals surface area contributed by atoms with Crippen molar-refractivity contribution in [2.75, 3.05) is 0 Å². The number of hydrogen-bond donors (Lipinski definition) is 0. The molecule has 0 aliphatic carbocycles. The summed E-state index contributed by atoms with van der Waals surface area (Å²) in [5, 5.41) is 53.6. The van der Waals surface area contributed by atoms with Gasteiger partial charge in [-0.15, -0.1) is 6.58 Å². The molecule has 0 aromatic carbocycles. The van der Waals surface area contributed by atoms with E-state index in [-0.39, 0.29) is 39.0 Å². The summed E-state index contributed by atoms with van der Waals surface area (Å²) in [5.74, 6) is -13.1. The zero-order valence-electron chi connectivity index (χ0n) is 10.9. The van der Waals surface area contributed by atoms with Gasteiger partial charge in [0, 0.05) is 0 Å². The molecule has 0 rings (SSSR count). The first-order chi connectivity index (χ1) is 9.34. The molecule has 0 atom stereocenters. The van der Waals surface area contributed by atoms with Gasteiger partial charge in [-0.25, -0.2) is 0 Å². The van der Waals surface area contributed by atoms with Crippen LogP contribution in [0.25, 0.3) is 0 Å². The van der Waals surface area contributed by atoms with Crippen LogP contribution in [-0.2, 0) is 67.7 Å². The van der Waals surface area contributed by atoms with Gasteiger partial charge in [0.25, 0.3) is 0 Å². The average molecular weight is 508 g/mol. The molecule has 12 nitrogen and oxygen atoms in total. The molecular formula is C9H6O12Ru2. The Morgan fingerprint density at radius 2 is 0.609 bits per heavy atom. The molecule has 23 heavy (non-hydrogen) atoms. The van der Waals surface area contributed by atoms with E-state index in [1.54, 1.807) is 6.08 Å². The summed E-state index contributed by atoms with van der Waals surface area (Å²) in [5.41, 5.74) is 0. The van der Waals surface area contributed by atoms with Crippen LogP contribution in [0.3, 0.4) is 0 Å². The van der Waals surface area contributed by atoms with Gasteiger partial charge in [-0.1, -0.05) is 6.08 Å². The molecule has 0 heterocycles. The third-order valence-corrected chi connectivity index (χ3v) is 0.500. The summed E-state index contributed by atoms with van der Waals surface area (Å²) in [6.45, 7) is 5.25. The first-order valence-corrected chi connectivity index (χ1v) is 4.19. The fourth-order valence-electron chi connectivity index (χ4n) is 0. The van der Waals surface area contributed by atoms with E-state index in [1.165, 1.54) is 0 Å². The van der Waals surface area contributed by atoms with Gasteiger partial charge in [0.1, 0.15) is 0 Å². The first-order valence-electron chi connectivity index (χ1n) is 4.19. The zero-order chi connectivity index (χ0) is 18.2. The SMILES string of the molecule is C=CC.O=C([O-])C(=O)[O-].O=C([O-])C(=O)[O-].O=C([O-])C(=O)[O-].[Ru+3].[Ru+3]. The number of carboxylic acids is 6. The van der Waals surface area contributed by atoms with Crippen molar-refractivity contribution < 1.29 is 98.4 Å². The molecule has 0 saturated heterocycles. The van der Waals surface area contributed by atoms with E-state index >= 15 is 0 Å². The van der Waals surface area contributed by atoms with Crippen molar-refractivity contribution >= 4 is 35.8 Å². The van der Waals surface area contributed by atoms with E-state index < -0.39 is 35.8 Å². The molecule has 0 N–H and O–H groups in total. The van der Waals surface area contributed by atoms with Gasteiger partial charge >= 0.3 is 39.0 Å². The number of carbonyl (C=O) groups excluding carboxylic acids is 6. The van der Waals surface area contributed by atoms with Crippen LogP contribution in [0, 0.1) is 0 Å². The maximum absolute atomic E-state index is 8.93. The van der Waals surface area contributed by atoms with Crippen molar-refractivity contribution in [2.45, 2.75) is 6.92 Å². The third-order valence-electron chi connectivity index (χ3n) is 0.500. The molecule has 0 aromatic rings. The number of hydrogen-bond acceptors (Lipinski definition) is 12. The summed E-state index contributed by atoms with van der Waals surface area (Å²) < 4.78 is 0. The zero-order valence-corrected chi connectivity index (χ0v) is 14.4. The van der Waals surface area contributed by atoms with Gasteiger partial charge < -0.3 is 59.4 Å². The Morgan fingerprint density at radius 1 is 0.565 bits per heavy atom. The number of rotatable bonds is 0. The Labute approximate surface area is 153 Å². The van der Waals surface area contributed by atoms with E-state index in [0.717, 1.165) is 0 Å². The number of allylic oxidation sites excluding steroid dienone is 1. The van der Waals surface area contributed by atoms with Crippen LogP contribution >= 0.6 is 0 Å². The van der Waals surface area contributed by atoms with Crippen LogP contribution < -0.4 is 30.6 Å². The Hall–Kier alpha value is -2.19. The van der Waals surface area contributed by atoms with Crippen LogP contribution in [0.1, 0.15) is 6.92 Å². The Bertz CT molecular complexity index is 324. The van der Waals surface area contributed by atoms with Crippen LogP contribution in [0.5, 0.6) is 0 Å². The summed E-state index contributed by atoms with van der Waals surface area (Å²) in [7, 11) is 0. The second-order valence-corrected chi connectivity index (χ2v) is 2.13. The molecule has 2 radical (unpaired) electrons. The van der Waals surface area contributed by atoms with Crippen molar-refractivity contribution in [1.82, 2.24) is 0 Å². The van der Waals surface area contributed by atoms with Gasteiger partial charge in [0.2, 0.25) is 0 Å². The molecule has 0 bridgehead atoms. The quantitative estimate of drug-likeness (QED) is 0.168. The summed E-state index contributed by atoms with van der Waals surface area (Å²) in [4.78, 5) is 53.6. The molecule has 14 heteroatoms. The fraction of sp³-hybridized carbons (Fsp3) is 0.111. The molecule has 0 aromatic heterocycles. The topological polar surface area (TPSA) is 241 Å². The minimum atomic E-state index is -2.19. The van der Waals surface area contributed by atoms with Crippen LogP contribution in [0.15, 0.2) is 12.7 Å². The van der Waals surface area contributed by atoms with Crippen molar-refractivity contribution in [2.24, 2.45) is 0 Å². The monoisotopic (exact) mass is 510 g/mol. The van der Waals surface area contributed by atoms with Crippen LogP contribution in [-0.4, -0.2) is 35.8 Å². The molecule has 0 saturated carbocycles. The van der Waals surface area contributed by atoms with Crippen LogP contribution in [0.2, 0.25) is 0 Å². The van der Waals surface area contributed by atoms with Gasteiger partial charge in [-0.2, -0.15) is 0 Å². The first kappa shape index (κ1) is 37.2. The Balaban J connectivity index is -0.0000000417. The number of aliphatic carboxylic acids is 6. The summed E-state index contributed by atoms with van der Waals surface area (Å²) in [6.07, 6.45) is 1.75. The fourth-order valence-corrected chi connectivity index (χ4v) is 0. The van der Waals surface area contributed by atoms with Crippen LogP contribution in [0.4, 0.5) is 0 Å². The van der Waals surface area contributed by atoms with Crippen molar-refractivity contribution in [3.05, 3.63) is 12.7 Å². The van der Waals surface area contributed by atoms with Crippen molar-refractivity contribution in [3.8, 4) is 0 Å². The van der Waals surface area contributed by atoms with Gasteiger partial charge in [0.15, 0.2) is 0 Å². The molecule has 0 amide bonds. The van der Waals surface area contributed by atoms with Gasteiger partial charge in [-0.05, 0) is 6.92 Å². The Kier molecular flexibility index (Phi) is 40.1. The maximum atomic E-state index is 8.93. The minimum Gasteiger partial charge on any atom is -0.543 e. The molecule has 130 valence electrons. The largest absolute Gasteiger partial charge is 3.00 e. The maximum Gasteiger partial charge on any atom is 3.00 e. The molecule has 0 spiro atoms. The molecule has 0 unspecified atom stereocenters. The van der Waals surface area contributed by atoms with Gasteiger partial charge in [0.05, 0.1) is 35.8 Å². The second kappa shape index (κ2) is 24.8. The van der Waals surface area contributed by atoms with E-state index in [4.69, 9.17) is 59.4 Å². The summed E-state index contributed by atoms with van der Waals surface area (Å²) >= 11 is 0.